The van der Waals surface area contributed by atoms with Gasteiger partial charge in [-0.15, -0.1) is 0 Å². The van der Waals surface area contributed by atoms with Crippen molar-refractivity contribution in [3.05, 3.63) is 48.6 Å². The molecule has 0 saturated carbocycles. The molecule has 6 heterocycles. The zero-order chi connectivity index (χ0) is 100. The fraction of sp³-hybridized carbons (Fsp3) is 0.750. The number of hydrogen-bond donors (Lipinski definition) is 8. The number of ether oxygens (including phenoxy) is 12. The molecule has 8 bridgehead atoms. The van der Waals surface area contributed by atoms with E-state index in [4.69, 9.17) is 106 Å². The van der Waals surface area contributed by atoms with Crippen molar-refractivity contribution >= 4 is 142 Å². The van der Waals surface area contributed by atoms with Gasteiger partial charge in [-0.25, -0.2) is 19.2 Å². The molecule has 776 valence electrons. The number of esters is 12. The Balaban J connectivity index is 2.11. The Morgan fingerprint density at radius 3 is 0.441 bits per heavy atom. The van der Waals surface area contributed by atoms with Gasteiger partial charge in [0.2, 0.25) is 0 Å². The molecule has 0 atom stereocenters. The van der Waals surface area contributed by atoms with E-state index in [0.717, 1.165) is 0 Å². The molecule has 0 spiro atoms. The Kier molecular flexibility index (Phi) is 55.8. The van der Waals surface area contributed by atoms with Crippen LogP contribution >= 0.6 is 0 Å². The van der Waals surface area contributed by atoms with Gasteiger partial charge in [-0.2, -0.15) is 0 Å². The van der Waals surface area contributed by atoms with Crippen LogP contribution in [0.2, 0.25) is 48.4 Å². The summed E-state index contributed by atoms with van der Waals surface area (Å²) in [5, 5.41) is 77.2. The standard InChI is InChI=1S/C80H140N4O44Si8/c1-65(2)77(101)113-45-13-61-133-117-129(57-9-25-81(29-17-69(93)105-49-37-85)30-18-70(94)106-50-38-86)120-134(62-14-46-114-78(102)66(3)4)121-130(118-133,58-10-26-82(31-19-71(95)107-51-39-87)32-20-72(96)108-52-40-88)123-136(64-16-48-116-80(104)68(7)8)125-131(119-133,59-11-27-83(33-21-73(97)109-53-41-89)34-22-74(98)110-54-42-90)124-135(122-129,63-15-47-115-79(103)67(5)6)127-132(126-134,128-136)60-12-28-84(35-23-75(99)111-55-43-91)36-24-76(100)112-56-44-92/h85-92H,1,3,5,7,9-64H2,2,4,6,8H3. The summed E-state index contributed by atoms with van der Waals surface area (Å²) in [5.74, 6) is -9.11. The first-order chi connectivity index (χ1) is 64.9. The summed E-state index contributed by atoms with van der Waals surface area (Å²) in [6.45, 7) is 11.2. The number of nitrogens with zero attached hydrogens (tertiary/aromatic N) is 4. The summed E-state index contributed by atoms with van der Waals surface area (Å²) in [5.41, 5.74) is 0.0234. The van der Waals surface area contributed by atoms with Crippen LogP contribution in [0.4, 0.5) is 0 Å². The van der Waals surface area contributed by atoms with Gasteiger partial charge in [-0.1, -0.05) is 26.3 Å². The van der Waals surface area contributed by atoms with E-state index in [2.05, 4.69) is 26.3 Å². The summed E-state index contributed by atoms with van der Waals surface area (Å²) in [7, 11) is -43.1. The van der Waals surface area contributed by atoms with Crippen molar-refractivity contribution in [2.45, 2.75) is 179 Å². The van der Waals surface area contributed by atoms with E-state index in [-0.39, 0.29) is 256 Å². The van der Waals surface area contributed by atoms with Gasteiger partial charge in [0, 0.05) is 123 Å². The molecule has 6 rings (SSSR count). The highest BCUT2D eigenvalue weighted by atomic mass is 28.6. The quantitative estimate of drug-likeness (QED) is 0.0130. The monoisotopic (exact) mass is 2080 g/mol. The van der Waals surface area contributed by atoms with Gasteiger partial charge < -0.3 is 167 Å². The van der Waals surface area contributed by atoms with Crippen molar-refractivity contribution in [1.82, 2.24) is 19.6 Å². The lowest BCUT2D eigenvalue weighted by molar-refractivity contribution is -0.146. The van der Waals surface area contributed by atoms with Gasteiger partial charge in [0.05, 0.1) is 131 Å². The molecule has 8 N–H and O–H groups in total. The maximum Gasteiger partial charge on any atom is 0.479 e. The second-order valence-electron chi connectivity index (χ2n) is 32.1. The summed E-state index contributed by atoms with van der Waals surface area (Å²) in [6, 6.07) is -3.35. The van der Waals surface area contributed by atoms with E-state index < -0.39 is 270 Å². The van der Waals surface area contributed by atoms with Crippen molar-refractivity contribution in [1.29, 1.82) is 0 Å². The van der Waals surface area contributed by atoms with Crippen LogP contribution < -0.4 is 0 Å². The molecule has 6 aliphatic rings. The van der Waals surface area contributed by atoms with E-state index in [1.54, 1.807) is 19.6 Å². The number of aliphatic hydroxyl groups excluding tert-OH is 8. The topological polar surface area (TPSA) is 601 Å². The van der Waals surface area contributed by atoms with E-state index in [9.17, 15) is 98.4 Å². The molecule has 0 amide bonds. The van der Waals surface area contributed by atoms with Gasteiger partial charge in [0.15, 0.2) is 0 Å². The summed E-state index contributed by atoms with van der Waals surface area (Å²) in [6.07, 6.45) is -3.81. The number of carbonyl (C=O) groups excluding carboxylic acids is 12. The van der Waals surface area contributed by atoms with Crippen molar-refractivity contribution in [3.8, 4) is 0 Å². The molecule has 6 fully saturated rings. The normalized spacial score (nSPS) is 22.5. The van der Waals surface area contributed by atoms with Crippen LogP contribution in [-0.4, -0.2) is 413 Å². The van der Waals surface area contributed by atoms with Gasteiger partial charge in [0.1, 0.15) is 52.9 Å². The van der Waals surface area contributed by atoms with E-state index in [1.807, 2.05) is 0 Å². The number of rotatable bonds is 76. The largest absolute Gasteiger partial charge is 0.479 e. The lowest BCUT2D eigenvalue weighted by Crippen LogP contribution is -2.88. The number of carbonyl (C=O) groups is 12. The maximum absolute atomic E-state index is 13.6. The molecule has 0 aromatic rings. The van der Waals surface area contributed by atoms with Crippen LogP contribution in [-0.2, 0) is 164 Å². The van der Waals surface area contributed by atoms with Crippen LogP contribution in [0.25, 0.3) is 0 Å². The Morgan fingerprint density at radius 2 is 0.324 bits per heavy atom. The predicted octanol–water partition coefficient (Wildman–Crippen LogP) is -0.0244. The zero-order valence-corrected chi connectivity index (χ0v) is 86.5. The lowest BCUT2D eigenvalue weighted by atomic mass is 10.3. The fourth-order valence-electron chi connectivity index (χ4n) is 14.1. The van der Waals surface area contributed by atoms with E-state index >= 15 is 0 Å². The van der Waals surface area contributed by atoms with Crippen molar-refractivity contribution in [2.75, 3.05) is 211 Å². The Morgan fingerprint density at radius 1 is 0.199 bits per heavy atom. The zero-order valence-electron chi connectivity index (χ0n) is 78.5. The molecule has 0 aromatic carbocycles. The summed E-state index contributed by atoms with van der Waals surface area (Å²) < 4.78 is 163. The highest BCUT2D eigenvalue weighted by Crippen LogP contribution is 2.55. The second kappa shape index (κ2) is 63.3. The second-order valence-corrected chi connectivity index (χ2v) is 56.8. The average molecular weight is 2090 g/mol. The highest BCUT2D eigenvalue weighted by molar-refractivity contribution is 7.03. The van der Waals surface area contributed by atoms with Crippen LogP contribution in [0.1, 0.15) is 130 Å². The number of aliphatic hydroxyl groups is 8. The molecule has 0 radical (unpaired) electrons. The van der Waals surface area contributed by atoms with Crippen LogP contribution in [0.5, 0.6) is 0 Å². The highest BCUT2D eigenvalue weighted by Gasteiger charge is 2.83. The lowest BCUT2D eigenvalue weighted by Gasteiger charge is -2.63. The van der Waals surface area contributed by atoms with Gasteiger partial charge in [0.25, 0.3) is 0 Å². The molecule has 48 nitrogen and oxygen atoms in total. The van der Waals surface area contributed by atoms with Crippen molar-refractivity contribution < 1.29 is 205 Å². The molecule has 0 unspecified atom stereocenters. The summed E-state index contributed by atoms with van der Waals surface area (Å²) >= 11 is 0. The molecule has 0 aromatic heterocycles. The van der Waals surface area contributed by atoms with Crippen molar-refractivity contribution in [3.63, 3.8) is 0 Å². The smallest absolute Gasteiger partial charge is 0.463 e. The molecular formula is C80H140N4O44Si8. The predicted molar refractivity (Wildman–Crippen MR) is 485 cm³/mol. The fourth-order valence-corrected chi connectivity index (χ4v) is 64.4. The van der Waals surface area contributed by atoms with Gasteiger partial charge in [-0.05, 0) is 105 Å². The van der Waals surface area contributed by atoms with Crippen LogP contribution in [0.3, 0.4) is 0 Å². The minimum Gasteiger partial charge on any atom is -0.463 e. The van der Waals surface area contributed by atoms with Gasteiger partial charge >= 0.3 is 142 Å². The first-order valence-corrected chi connectivity index (χ1v) is 61.1. The van der Waals surface area contributed by atoms with Crippen LogP contribution in [0.15, 0.2) is 48.6 Å². The first-order valence-electron chi connectivity index (χ1n) is 45.7. The minimum absolute atomic E-state index is 0.00585. The molecule has 6 aliphatic heterocycles. The Labute approximate surface area is 800 Å². The van der Waals surface area contributed by atoms with E-state index in [0.29, 0.717) is 0 Å². The molecular weight excluding hydrogens is 1950 g/mol. The van der Waals surface area contributed by atoms with E-state index in [1.165, 1.54) is 27.7 Å². The molecule has 56 heteroatoms. The average Bonchev–Trinajstić information content (AvgIpc) is 0.685. The summed E-state index contributed by atoms with van der Waals surface area (Å²) in [4.78, 5) is 168. The third-order valence-corrected chi connectivity index (χ3v) is 57.9. The molecule has 0 aliphatic carbocycles. The third kappa shape index (κ3) is 44.7. The third-order valence-electron chi connectivity index (χ3n) is 20.3. The molecule has 6 saturated heterocycles. The number of hydrogen-bond acceptors (Lipinski definition) is 48. The van der Waals surface area contributed by atoms with Gasteiger partial charge in [-0.3, -0.25) is 38.4 Å². The first kappa shape index (κ1) is 120. The maximum atomic E-state index is 13.6. The minimum atomic E-state index is -5.39. The Hall–Kier alpha value is -6.62. The molecule has 136 heavy (non-hydrogen) atoms. The Bertz CT molecular complexity index is 3180. The van der Waals surface area contributed by atoms with Crippen LogP contribution in [0, 0.1) is 0 Å². The SMILES string of the molecule is C=C(C)C(=O)OCCC[Si]12O[Si]3(CCCN(CCC(=O)OCCO)CCC(=O)OCCO)O[Si]4(CCCOC(=O)C(=C)C)O[Si](CCCN(CCC(=O)OCCO)CCC(=O)OCCO)(O1)O[Si]1(CCCOC(=O)C(=C)C)O[Si](CCCN(CCC(=O)OCCO)CCC(=O)OCCO)(O2)O[Si](CCCOC(=O)C(=C)C)(O3)O[Si](CCCN(CCC(=O)OCCO)CCC(=O)OCCO)(O4)O1. The van der Waals surface area contributed by atoms with Crippen molar-refractivity contribution in [2.24, 2.45) is 0 Å².